The van der Waals surface area contributed by atoms with Crippen molar-refractivity contribution in [3.8, 4) is 5.75 Å². The van der Waals surface area contributed by atoms with Crippen LogP contribution in [-0.2, 0) is 14.8 Å². The lowest BCUT2D eigenvalue weighted by Gasteiger charge is -2.22. The molecule has 0 radical (unpaired) electrons. The SMILES string of the molecule is CCCCOc1ccc2c(c1)S(=O)(=O)NC(=NCC(=O)O)N2. The number of carbonyl (C=O) groups is 1. The minimum atomic E-state index is -3.81. The van der Waals surface area contributed by atoms with Crippen molar-refractivity contribution in [2.45, 2.75) is 24.7 Å². The normalized spacial score (nSPS) is 17.2. The third kappa shape index (κ3) is 3.88. The number of carboxylic acids is 1. The van der Waals surface area contributed by atoms with Crippen LogP contribution in [0.5, 0.6) is 5.75 Å². The molecule has 0 spiro atoms. The van der Waals surface area contributed by atoms with Gasteiger partial charge in [-0.25, -0.2) is 18.1 Å². The number of fused-ring (bicyclic) bond motifs is 1. The topological polar surface area (TPSA) is 117 Å². The highest BCUT2D eigenvalue weighted by atomic mass is 32.2. The van der Waals surface area contributed by atoms with Crippen LogP contribution in [-0.4, -0.2) is 38.6 Å². The third-order valence-electron chi connectivity index (χ3n) is 2.87. The lowest BCUT2D eigenvalue weighted by Crippen LogP contribution is -2.41. The van der Waals surface area contributed by atoms with Gasteiger partial charge in [0.15, 0.2) is 0 Å². The fourth-order valence-corrected chi connectivity index (χ4v) is 2.97. The largest absolute Gasteiger partial charge is 0.494 e. The van der Waals surface area contributed by atoms with Gasteiger partial charge in [-0.05, 0) is 18.6 Å². The number of guanidine groups is 1. The monoisotopic (exact) mass is 327 g/mol. The van der Waals surface area contributed by atoms with E-state index >= 15 is 0 Å². The summed E-state index contributed by atoms with van der Waals surface area (Å²) in [6, 6.07) is 4.64. The van der Waals surface area contributed by atoms with E-state index in [0.29, 0.717) is 18.0 Å². The summed E-state index contributed by atoms with van der Waals surface area (Å²) in [5.41, 5.74) is 0.325. The summed E-state index contributed by atoms with van der Waals surface area (Å²) in [6.45, 7) is 2.02. The van der Waals surface area contributed by atoms with E-state index < -0.39 is 22.5 Å². The Morgan fingerprint density at radius 1 is 1.41 bits per heavy atom. The van der Waals surface area contributed by atoms with E-state index in [1.165, 1.54) is 6.07 Å². The zero-order chi connectivity index (χ0) is 16.2. The first-order valence-electron chi connectivity index (χ1n) is 6.75. The molecule has 0 saturated heterocycles. The van der Waals surface area contributed by atoms with Gasteiger partial charge in [-0.2, -0.15) is 0 Å². The van der Waals surface area contributed by atoms with Crippen molar-refractivity contribution < 1.29 is 23.1 Å². The molecule has 3 N–H and O–H groups in total. The van der Waals surface area contributed by atoms with Gasteiger partial charge in [-0.15, -0.1) is 0 Å². The average Bonchev–Trinajstić information content (AvgIpc) is 2.45. The van der Waals surface area contributed by atoms with Crippen molar-refractivity contribution in [2.24, 2.45) is 4.99 Å². The first-order valence-corrected chi connectivity index (χ1v) is 8.23. The standard InChI is InChI=1S/C13H17N3O5S/c1-2-3-6-21-9-4-5-10-11(7-9)22(19,20)16-13(15-10)14-8-12(17)18/h4-5,7H,2-3,6,8H2,1H3,(H,17,18)(H2,14,15,16). The lowest BCUT2D eigenvalue weighted by molar-refractivity contribution is -0.135. The molecule has 2 rings (SSSR count). The lowest BCUT2D eigenvalue weighted by atomic mass is 10.3. The van der Waals surface area contributed by atoms with Gasteiger partial charge in [0.1, 0.15) is 17.2 Å². The van der Waals surface area contributed by atoms with Gasteiger partial charge in [0, 0.05) is 6.07 Å². The number of hydrogen-bond donors (Lipinski definition) is 3. The number of aliphatic carboxylic acids is 1. The second kappa shape index (κ2) is 6.65. The number of hydrogen-bond acceptors (Lipinski definition) is 5. The molecule has 22 heavy (non-hydrogen) atoms. The summed E-state index contributed by atoms with van der Waals surface area (Å²) in [5, 5.41) is 11.3. The molecule has 1 aliphatic rings. The van der Waals surface area contributed by atoms with E-state index in [1.54, 1.807) is 12.1 Å². The van der Waals surface area contributed by atoms with Crippen LogP contribution in [0.15, 0.2) is 28.1 Å². The Kier molecular flexibility index (Phi) is 4.86. The van der Waals surface area contributed by atoms with Crippen LogP contribution >= 0.6 is 0 Å². The Morgan fingerprint density at radius 3 is 2.86 bits per heavy atom. The second-order valence-corrected chi connectivity index (χ2v) is 6.30. The molecular weight excluding hydrogens is 310 g/mol. The number of aliphatic imine (C=N–C) groups is 1. The summed E-state index contributed by atoms with van der Waals surface area (Å²) in [6.07, 6.45) is 1.86. The molecule has 120 valence electrons. The second-order valence-electron chi connectivity index (χ2n) is 4.65. The minimum absolute atomic E-state index is 0.0378. The van der Waals surface area contributed by atoms with Crippen LogP contribution in [0.2, 0.25) is 0 Å². The van der Waals surface area contributed by atoms with E-state index in [9.17, 15) is 13.2 Å². The Bertz CT molecular complexity index is 700. The van der Waals surface area contributed by atoms with E-state index in [1.807, 2.05) is 6.92 Å². The minimum Gasteiger partial charge on any atom is -0.494 e. The van der Waals surface area contributed by atoms with Gasteiger partial charge in [-0.1, -0.05) is 13.3 Å². The van der Waals surface area contributed by atoms with E-state index in [2.05, 4.69) is 15.0 Å². The maximum absolute atomic E-state index is 12.2. The van der Waals surface area contributed by atoms with Crippen molar-refractivity contribution in [3.05, 3.63) is 18.2 Å². The van der Waals surface area contributed by atoms with E-state index in [0.717, 1.165) is 12.8 Å². The van der Waals surface area contributed by atoms with Gasteiger partial charge in [0.05, 0.1) is 12.3 Å². The number of sulfonamides is 1. The van der Waals surface area contributed by atoms with E-state index in [-0.39, 0.29) is 10.9 Å². The number of rotatable bonds is 6. The molecule has 1 aliphatic heterocycles. The molecule has 0 fully saturated rings. The molecule has 1 aromatic carbocycles. The number of anilines is 1. The first-order chi connectivity index (χ1) is 10.4. The maximum Gasteiger partial charge on any atom is 0.325 e. The van der Waals surface area contributed by atoms with Crippen molar-refractivity contribution >= 4 is 27.6 Å². The van der Waals surface area contributed by atoms with Gasteiger partial charge in [-0.3, -0.25) is 4.79 Å². The van der Waals surface area contributed by atoms with Crippen LogP contribution in [0.3, 0.4) is 0 Å². The fraction of sp³-hybridized carbons (Fsp3) is 0.385. The number of carboxylic acid groups (broad SMARTS) is 1. The number of nitrogens with one attached hydrogen (secondary N) is 2. The fourth-order valence-electron chi connectivity index (χ4n) is 1.81. The molecule has 8 nitrogen and oxygen atoms in total. The number of benzene rings is 1. The Labute approximate surface area is 128 Å². The molecule has 0 atom stereocenters. The Balaban J connectivity index is 2.24. The number of ether oxygens (including phenoxy) is 1. The smallest absolute Gasteiger partial charge is 0.325 e. The third-order valence-corrected chi connectivity index (χ3v) is 4.24. The highest BCUT2D eigenvalue weighted by molar-refractivity contribution is 7.90. The summed E-state index contributed by atoms with van der Waals surface area (Å²) in [5.74, 6) is -0.807. The molecule has 0 amide bonds. The van der Waals surface area contributed by atoms with E-state index in [4.69, 9.17) is 9.84 Å². The Morgan fingerprint density at radius 2 is 2.18 bits per heavy atom. The van der Waals surface area contributed by atoms with Crippen LogP contribution in [0.4, 0.5) is 5.69 Å². The molecule has 0 aromatic heterocycles. The maximum atomic E-state index is 12.2. The van der Waals surface area contributed by atoms with Gasteiger partial charge in [0.25, 0.3) is 10.0 Å². The zero-order valence-electron chi connectivity index (χ0n) is 12.0. The highest BCUT2D eigenvalue weighted by Gasteiger charge is 2.27. The molecule has 9 heteroatoms. The van der Waals surface area contributed by atoms with Crippen LogP contribution < -0.4 is 14.8 Å². The zero-order valence-corrected chi connectivity index (χ0v) is 12.8. The predicted molar refractivity (Wildman–Crippen MR) is 80.7 cm³/mol. The number of nitrogens with zero attached hydrogens (tertiary/aromatic N) is 1. The summed E-state index contributed by atoms with van der Waals surface area (Å²) in [4.78, 5) is 14.2. The van der Waals surface area contributed by atoms with Crippen LogP contribution in [0, 0.1) is 0 Å². The summed E-state index contributed by atoms with van der Waals surface area (Å²) >= 11 is 0. The van der Waals surface area contributed by atoms with Crippen molar-refractivity contribution in [1.29, 1.82) is 0 Å². The van der Waals surface area contributed by atoms with Crippen molar-refractivity contribution in [3.63, 3.8) is 0 Å². The van der Waals surface area contributed by atoms with Crippen LogP contribution in [0.1, 0.15) is 19.8 Å². The molecule has 0 aliphatic carbocycles. The first kappa shape index (κ1) is 16.1. The average molecular weight is 327 g/mol. The molecule has 0 saturated carbocycles. The van der Waals surface area contributed by atoms with Gasteiger partial charge in [0.2, 0.25) is 5.96 Å². The van der Waals surface area contributed by atoms with Gasteiger partial charge < -0.3 is 15.2 Å². The number of unbranched alkanes of at least 4 members (excludes halogenated alkanes) is 1. The highest BCUT2D eigenvalue weighted by Crippen LogP contribution is 2.29. The molecule has 0 bridgehead atoms. The molecule has 1 aromatic rings. The van der Waals surface area contributed by atoms with Crippen molar-refractivity contribution in [2.75, 3.05) is 18.5 Å². The predicted octanol–water partition coefficient (Wildman–Crippen LogP) is 1.01. The summed E-state index contributed by atoms with van der Waals surface area (Å²) < 4.78 is 32.0. The summed E-state index contributed by atoms with van der Waals surface area (Å²) in [7, 11) is -3.81. The Hall–Kier alpha value is -2.29. The molecular formula is C13H17N3O5S. The van der Waals surface area contributed by atoms with Gasteiger partial charge >= 0.3 is 5.97 Å². The molecule has 0 unspecified atom stereocenters. The van der Waals surface area contributed by atoms with Crippen molar-refractivity contribution in [1.82, 2.24) is 4.72 Å². The quantitative estimate of drug-likeness (QED) is 0.671. The molecule has 1 heterocycles. The van der Waals surface area contributed by atoms with Crippen LogP contribution in [0.25, 0.3) is 0 Å².